The molecule has 0 bridgehead atoms. The van der Waals surface area contributed by atoms with Crippen LogP contribution in [0.3, 0.4) is 0 Å². The van der Waals surface area contributed by atoms with Gasteiger partial charge < -0.3 is 9.30 Å². The highest BCUT2D eigenvalue weighted by atomic mass is 16.6. The van der Waals surface area contributed by atoms with Crippen molar-refractivity contribution in [1.82, 2.24) is 9.55 Å². The lowest BCUT2D eigenvalue weighted by Gasteiger charge is -2.06. The second kappa shape index (κ2) is 5.72. The largest absolute Gasteiger partial charge is 0.490 e. The van der Waals surface area contributed by atoms with Gasteiger partial charge in [0.25, 0.3) is 0 Å². The number of nitro groups is 1. The number of nitrogens with zero attached hydrogens (tertiary/aromatic N) is 5. The highest BCUT2D eigenvalue weighted by molar-refractivity contribution is 5.49. The van der Waals surface area contributed by atoms with Crippen LogP contribution in [0, 0.1) is 32.8 Å². The van der Waals surface area contributed by atoms with Gasteiger partial charge in [-0.2, -0.15) is 10.5 Å². The Morgan fingerprint density at radius 1 is 1.43 bits per heavy atom. The number of rotatable bonds is 4. The molecule has 0 aliphatic rings. The van der Waals surface area contributed by atoms with E-state index in [1.54, 1.807) is 6.07 Å². The first-order valence-electron chi connectivity index (χ1n) is 5.77. The molecule has 0 radical (unpaired) electrons. The van der Waals surface area contributed by atoms with Crippen LogP contribution in [0.15, 0.2) is 24.5 Å². The molecule has 8 heteroatoms. The van der Waals surface area contributed by atoms with E-state index in [2.05, 4.69) is 4.98 Å². The summed E-state index contributed by atoms with van der Waals surface area (Å²) in [5.74, 6) is 0.160. The Morgan fingerprint density at radius 3 is 2.76 bits per heavy atom. The van der Waals surface area contributed by atoms with E-state index in [4.69, 9.17) is 15.3 Å². The maximum absolute atomic E-state index is 11.0. The fraction of sp³-hybridized carbons (Fsp3) is 0.154. The maximum Gasteiger partial charge on any atom is 0.311 e. The molecule has 0 saturated carbocycles. The van der Waals surface area contributed by atoms with Crippen molar-refractivity contribution < 1.29 is 9.66 Å². The van der Waals surface area contributed by atoms with E-state index in [0.29, 0.717) is 5.56 Å². The number of aromatic nitrogens is 2. The van der Waals surface area contributed by atoms with Crippen LogP contribution in [-0.2, 0) is 6.54 Å². The molecule has 104 valence electrons. The average Bonchev–Trinajstić information content (AvgIpc) is 2.88. The van der Waals surface area contributed by atoms with Crippen LogP contribution in [0.1, 0.15) is 17.0 Å². The molecule has 2 aromatic rings. The van der Waals surface area contributed by atoms with Gasteiger partial charge in [-0.25, -0.2) is 4.98 Å². The van der Waals surface area contributed by atoms with E-state index >= 15 is 0 Å². The van der Waals surface area contributed by atoms with E-state index in [0.717, 1.165) is 0 Å². The van der Waals surface area contributed by atoms with Crippen molar-refractivity contribution in [2.75, 3.05) is 7.11 Å². The van der Waals surface area contributed by atoms with Gasteiger partial charge in [0, 0.05) is 6.07 Å². The fourth-order valence-electron chi connectivity index (χ4n) is 1.87. The summed E-state index contributed by atoms with van der Waals surface area (Å²) >= 11 is 0. The van der Waals surface area contributed by atoms with Crippen LogP contribution < -0.4 is 4.74 Å². The van der Waals surface area contributed by atoms with Crippen molar-refractivity contribution in [2.45, 2.75) is 6.54 Å². The molecular formula is C13H9N5O3. The van der Waals surface area contributed by atoms with Crippen LogP contribution >= 0.6 is 0 Å². The SMILES string of the molecule is COc1ccc(Cn2cnc(C#N)c2C#N)cc1[N+](=O)[O-]. The molecule has 2 rings (SSSR count). The van der Waals surface area contributed by atoms with E-state index in [-0.39, 0.29) is 29.4 Å². The molecule has 0 spiro atoms. The number of benzene rings is 1. The molecule has 0 atom stereocenters. The third-order valence-corrected chi connectivity index (χ3v) is 2.84. The van der Waals surface area contributed by atoms with Gasteiger partial charge >= 0.3 is 5.69 Å². The minimum Gasteiger partial charge on any atom is -0.490 e. The van der Waals surface area contributed by atoms with Crippen LogP contribution in [0.2, 0.25) is 0 Å². The summed E-state index contributed by atoms with van der Waals surface area (Å²) in [6, 6.07) is 8.22. The van der Waals surface area contributed by atoms with Crippen molar-refractivity contribution in [2.24, 2.45) is 0 Å². The highest BCUT2D eigenvalue weighted by Gasteiger charge is 2.16. The molecule has 1 heterocycles. The van der Waals surface area contributed by atoms with E-state index in [1.165, 1.54) is 30.1 Å². The number of nitro benzene ring substituents is 1. The van der Waals surface area contributed by atoms with Crippen molar-refractivity contribution in [3.05, 3.63) is 51.6 Å². The molecule has 0 unspecified atom stereocenters. The molecule has 0 N–H and O–H groups in total. The Kier molecular flexibility index (Phi) is 3.82. The highest BCUT2D eigenvalue weighted by Crippen LogP contribution is 2.28. The first kappa shape index (κ1) is 14.0. The number of nitriles is 2. The Morgan fingerprint density at radius 2 is 2.19 bits per heavy atom. The summed E-state index contributed by atoms with van der Waals surface area (Å²) in [5.41, 5.74) is 0.589. The summed E-state index contributed by atoms with van der Waals surface area (Å²) in [6.07, 6.45) is 1.35. The van der Waals surface area contributed by atoms with Gasteiger partial charge in [-0.05, 0) is 11.6 Å². The zero-order valence-corrected chi connectivity index (χ0v) is 11.0. The van der Waals surface area contributed by atoms with Crippen LogP contribution in [-0.4, -0.2) is 21.6 Å². The average molecular weight is 283 g/mol. The summed E-state index contributed by atoms with van der Waals surface area (Å²) in [6.45, 7) is 0.197. The lowest BCUT2D eigenvalue weighted by molar-refractivity contribution is -0.385. The Labute approximate surface area is 119 Å². The second-order valence-corrected chi connectivity index (χ2v) is 4.06. The van der Waals surface area contributed by atoms with Crippen molar-refractivity contribution >= 4 is 5.69 Å². The molecule has 0 fully saturated rings. The predicted octanol–water partition coefficient (Wildman–Crippen LogP) is 1.59. The second-order valence-electron chi connectivity index (χ2n) is 4.06. The number of hydrogen-bond donors (Lipinski definition) is 0. The van der Waals surface area contributed by atoms with Gasteiger partial charge in [0.2, 0.25) is 0 Å². The third kappa shape index (κ3) is 2.65. The van der Waals surface area contributed by atoms with Gasteiger partial charge in [0.15, 0.2) is 17.1 Å². The standard InChI is InChI=1S/C13H9N5O3/c1-21-13-3-2-9(4-11(13)18(19)20)7-17-8-16-10(5-14)12(17)6-15/h2-4,8H,7H2,1H3. The topological polar surface area (TPSA) is 118 Å². The smallest absolute Gasteiger partial charge is 0.311 e. The monoisotopic (exact) mass is 283 g/mol. The van der Waals surface area contributed by atoms with E-state index in [1.807, 2.05) is 12.1 Å². The fourth-order valence-corrected chi connectivity index (χ4v) is 1.87. The minimum atomic E-state index is -0.540. The maximum atomic E-state index is 11.0. The number of ether oxygens (including phenoxy) is 1. The number of methoxy groups -OCH3 is 1. The molecule has 1 aromatic carbocycles. The van der Waals surface area contributed by atoms with Crippen molar-refractivity contribution in [1.29, 1.82) is 10.5 Å². The molecule has 0 amide bonds. The Bertz CT molecular complexity index is 782. The number of imidazole rings is 1. The van der Waals surface area contributed by atoms with Gasteiger partial charge in [-0.1, -0.05) is 6.07 Å². The molecule has 0 aliphatic carbocycles. The van der Waals surface area contributed by atoms with Crippen molar-refractivity contribution in [3.8, 4) is 17.9 Å². The quantitative estimate of drug-likeness (QED) is 0.621. The first-order chi connectivity index (χ1) is 10.1. The van der Waals surface area contributed by atoms with E-state index < -0.39 is 4.92 Å². The normalized spacial score (nSPS) is 9.67. The lowest BCUT2D eigenvalue weighted by Crippen LogP contribution is -2.03. The number of hydrogen-bond acceptors (Lipinski definition) is 6. The first-order valence-corrected chi connectivity index (χ1v) is 5.77. The molecule has 1 aromatic heterocycles. The molecule has 0 saturated heterocycles. The van der Waals surface area contributed by atoms with Gasteiger partial charge in [-0.3, -0.25) is 10.1 Å². The van der Waals surface area contributed by atoms with Gasteiger partial charge in [-0.15, -0.1) is 0 Å². The summed E-state index contributed by atoms with van der Waals surface area (Å²) in [4.78, 5) is 14.2. The zero-order chi connectivity index (χ0) is 15.4. The summed E-state index contributed by atoms with van der Waals surface area (Å²) < 4.78 is 6.38. The van der Waals surface area contributed by atoms with Gasteiger partial charge in [0.05, 0.1) is 24.9 Å². The molecule has 21 heavy (non-hydrogen) atoms. The Hall–Kier alpha value is -3.39. The molecule has 8 nitrogen and oxygen atoms in total. The van der Waals surface area contributed by atoms with Crippen LogP contribution in [0.25, 0.3) is 0 Å². The van der Waals surface area contributed by atoms with Crippen molar-refractivity contribution in [3.63, 3.8) is 0 Å². The summed E-state index contributed by atoms with van der Waals surface area (Å²) in [7, 11) is 1.35. The lowest BCUT2D eigenvalue weighted by atomic mass is 10.2. The van der Waals surface area contributed by atoms with E-state index in [9.17, 15) is 10.1 Å². The van der Waals surface area contributed by atoms with Crippen LogP contribution in [0.4, 0.5) is 5.69 Å². The van der Waals surface area contributed by atoms with Gasteiger partial charge in [0.1, 0.15) is 12.1 Å². The summed E-state index contributed by atoms with van der Waals surface area (Å²) in [5, 5.41) is 28.8. The van der Waals surface area contributed by atoms with Crippen LogP contribution in [0.5, 0.6) is 5.75 Å². The third-order valence-electron chi connectivity index (χ3n) is 2.84. The predicted molar refractivity (Wildman–Crippen MR) is 70.4 cm³/mol. The molecule has 0 aliphatic heterocycles. The zero-order valence-electron chi connectivity index (χ0n) is 11.0. The Balaban J connectivity index is 2.40. The minimum absolute atomic E-state index is 0.0283. The molecular weight excluding hydrogens is 274 g/mol.